The van der Waals surface area contributed by atoms with Gasteiger partial charge in [0.1, 0.15) is 5.75 Å². The molecule has 1 heterocycles. The SMILES string of the molecule is CCCOc1cccc(C(=O)N2CCCC(C)C2CN)c1. The van der Waals surface area contributed by atoms with Gasteiger partial charge in [0.05, 0.1) is 6.61 Å². The first-order valence-corrected chi connectivity index (χ1v) is 7.91. The van der Waals surface area contributed by atoms with Crippen LogP contribution in [0.1, 0.15) is 43.5 Å². The molecule has 1 aliphatic heterocycles. The number of amides is 1. The van der Waals surface area contributed by atoms with Gasteiger partial charge in [0.2, 0.25) is 0 Å². The number of rotatable bonds is 5. The number of nitrogens with zero attached hydrogens (tertiary/aromatic N) is 1. The van der Waals surface area contributed by atoms with Gasteiger partial charge in [-0.05, 0) is 43.4 Å². The van der Waals surface area contributed by atoms with Gasteiger partial charge in [-0.1, -0.05) is 19.9 Å². The van der Waals surface area contributed by atoms with Crippen LogP contribution in [-0.4, -0.2) is 36.5 Å². The maximum absolute atomic E-state index is 12.8. The van der Waals surface area contributed by atoms with Crippen LogP contribution >= 0.6 is 0 Å². The van der Waals surface area contributed by atoms with Crippen molar-refractivity contribution in [3.8, 4) is 5.75 Å². The van der Waals surface area contributed by atoms with E-state index in [1.54, 1.807) is 0 Å². The Balaban J connectivity index is 2.14. The zero-order valence-corrected chi connectivity index (χ0v) is 13.0. The molecule has 4 nitrogen and oxygen atoms in total. The van der Waals surface area contributed by atoms with Gasteiger partial charge in [-0.25, -0.2) is 0 Å². The first kappa shape index (κ1) is 15.8. The van der Waals surface area contributed by atoms with Crippen LogP contribution < -0.4 is 10.5 Å². The number of hydrogen-bond acceptors (Lipinski definition) is 3. The minimum Gasteiger partial charge on any atom is -0.494 e. The number of ether oxygens (including phenoxy) is 1. The Morgan fingerprint density at radius 3 is 3.00 bits per heavy atom. The Bertz CT molecular complexity index is 476. The summed E-state index contributed by atoms with van der Waals surface area (Å²) in [7, 11) is 0. The maximum Gasteiger partial charge on any atom is 0.254 e. The van der Waals surface area contributed by atoms with E-state index in [1.807, 2.05) is 29.2 Å². The van der Waals surface area contributed by atoms with Gasteiger partial charge in [0.25, 0.3) is 5.91 Å². The molecule has 2 atom stereocenters. The number of likely N-dealkylation sites (tertiary alicyclic amines) is 1. The van der Waals surface area contributed by atoms with Crippen molar-refractivity contribution < 1.29 is 9.53 Å². The monoisotopic (exact) mass is 290 g/mol. The van der Waals surface area contributed by atoms with Gasteiger partial charge in [-0.2, -0.15) is 0 Å². The summed E-state index contributed by atoms with van der Waals surface area (Å²) in [5.74, 6) is 1.29. The average Bonchev–Trinajstić information content (AvgIpc) is 2.52. The number of piperidine rings is 1. The summed E-state index contributed by atoms with van der Waals surface area (Å²) >= 11 is 0. The van der Waals surface area contributed by atoms with E-state index in [-0.39, 0.29) is 11.9 Å². The lowest BCUT2D eigenvalue weighted by Gasteiger charge is -2.39. The van der Waals surface area contributed by atoms with Crippen molar-refractivity contribution in [1.82, 2.24) is 4.90 Å². The van der Waals surface area contributed by atoms with Gasteiger partial charge in [-0.15, -0.1) is 0 Å². The lowest BCUT2D eigenvalue weighted by molar-refractivity contribution is 0.0532. The molecule has 0 radical (unpaired) electrons. The van der Waals surface area contributed by atoms with Gasteiger partial charge in [0, 0.05) is 24.7 Å². The summed E-state index contributed by atoms with van der Waals surface area (Å²) in [6.07, 6.45) is 3.15. The summed E-state index contributed by atoms with van der Waals surface area (Å²) in [6, 6.07) is 7.61. The van der Waals surface area contributed by atoms with Gasteiger partial charge in [0.15, 0.2) is 0 Å². The molecule has 4 heteroatoms. The highest BCUT2D eigenvalue weighted by Gasteiger charge is 2.31. The fraction of sp³-hybridized carbons (Fsp3) is 0.588. The van der Waals surface area contributed by atoms with E-state index in [0.29, 0.717) is 24.6 Å². The van der Waals surface area contributed by atoms with Crippen LogP contribution in [0.3, 0.4) is 0 Å². The van der Waals surface area contributed by atoms with Crippen LogP contribution in [0.15, 0.2) is 24.3 Å². The van der Waals surface area contributed by atoms with Crippen LogP contribution in [0.5, 0.6) is 5.75 Å². The van der Waals surface area contributed by atoms with Crippen LogP contribution in [0.25, 0.3) is 0 Å². The van der Waals surface area contributed by atoms with Gasteiger partial charge in [-0.3, -0.25) is 4.79 Å². The Hall–Kier alpha value is -1.55. The highest BCUT2D eigenvalue weighted by atomic mass is 16.5. The Kier molecular flexibility index (Phi) is 5.62. The van der Waals surface area contributed by atoms with Gasteiger partial charge >= 0.3 is 0 Å². The molecule has 1 aromatic carbocycles. The maximum atomic E-state index is 12.8. The fourth-order valence-electron chi connectivity index (χ4n) is 2.97. The average molecular weight is 290 g/mol. The molecule has 2 rings (SSSR count). The second-order valence-corrected chi connectivity index (χ2v) is 5.80. The van der Waals surface area contributed by atoms with Crippen molar-refractivity contribution in [2.45, 2.75) is 39.2 Å². The van der Waals surface area contributed by atoms with E-state index < -0.39 is 0 Å². The van der Waals surface area contributed by atoms with E-state index in [1.165, 1.54) is 0 Å². The Morgan fingerprint density at radius 1 is 1.48 bits per heavy atom. The summed E-state index contributed by atoms with van der Waals surface area (Å²) in [5.41, 5.74) is 6.57. The zero-order chi connectivity index (χ0) is 15.2. The summed E-state index contributed by atoms with van der Waals surface area (Å²) in [5, 5.41) is 0. The molecule has 1 amide bonds. The standard InChI is InChI=1S/C17H26N2O2/c1-3-10-21-15-8-4-7-14(11-15)17(20)19-9-5-6-13(2)16(19)12-18/h4,7-8,11,13,16H,3,5-6,9-10,12,18H2,1-2H3. The number of benzene rings is 1. The van der Waals surface area contributed by atoms with Crippen molar-refractivity contribution in [2.24, 2.45) is 11.7 Å². The van der Waals surface area contributed by atoms with Crippen molar-refractivity contribution in [3.63, 3.8) is 0 Å². The third-order valence-electron chi connectivity index (χ3n) is 4.17. The lowest BCUT2D eigenvalue weighted by Crippen LogP contribution is -2.51. The zero-order valence-electron chi connectivity index (χ0n) is 13.0. The predicted molar refractivity (Wildman–Crippen MR) is 84.5 cm³/mol. The van der Waals surface area contributed by atoms with Crippen LogP contribution in [0.2, 0.25) is 0 Å². The second-order valence-electron chi connectivity index (χ2n) is 5.80. The van der Waals surface area contributed by atoms with Crippen molar-refractivity contribution in [1.29, 1.82) is 0 Å². The summed E-state index contributed by atoms with van der Waals surface area (Å²) in [6.45, 7) is 6.24. The third kappa shape index (κ3) is 3.76. The van der Waals surface area contributed by atoms with Crippen LogP contribution in [0.4, 0.5) is 0 Å². The number of hydrogen-bond donors (Lipinski definition) is 1. The third-order valence-corrected chi connectivity index (χ3v) is 4.17. The summed E-state index contributed by atoms with van der Waals surface area (Å²) in [4.78, 5) is 14.7. The van der Waals surface area contributed by atoms with Gasteiger partial charge < -0.3 is 15.4 Å². The summed E-state index contributed by atoms with van der Waals surface area (Å²) < 4.78 is 5.61. The predicted octanol–water partition coefficient (Wildman–Crippen LogP) is 2.67. The first-order chi connectivity index (χ1) is 10.2. The number of carbonyl (C=O) groups is 1. The molecule has 0 bridgehead atoms. The normalized spacial score (nSPS) is 22.1. The molecule has 1 aliphatic rings. The smallest absolute Gasteiger partial charge is 0.254 e. The lowest BCUT2D eigenvalue weighted by atomic mass is 9.90. The minimum atomic E-state index is 0.0685. The molecule has 1 fully saturated rings. The highest BCUT2D eigenvalue weighted by molar-refractivity contribution is 5.95. The van der Waals surface area contributed by atoms with E-state index in [9.17, 15) is 4.79 Å². The molecule has 21 heavy (non-hydrogen) atoms. The fourth-order valence-corrected chi connectivity index (χ4v) is 2.97. The molecule has 2 N–H and O–H groups in total. The molecule has 0 aliphatic carbocycles. The largest absolute Gasteiger partial charge is 0.494 e. The molecule has 1 aromatic rings. The Morgan fingerprint density at radius 2 is 2.29 bits per heavy atom. The van der Waals surface area contributed by atoms with E-state index in [0.717, 1.165) is 31.6 Å². The molecule has 2 unspecified atom stereocenters. The topological polar surface area (TPSA) is 55.6 Å². The molecule has 0 aromatic heterocycles. The molecule has 1 saturated heterocycles. The van der Waals surface area contributed by atoms with E-state index in [2.05, 4.69) is 13.8 Å². The van der Waals surface area contributed by atoms with Crippen LogP contribution in [0, 0.1) is 5.92 Å². The van der Waals surface area contributed by atoms with Crippen molar-refractivity contribution in [3.05, 3.63) is 29.8 Å². The molecule has 0 spiro atoms. The van der Waals surface area contributed by atoms with E-state index >= 15 is 0 Å². The van der Waals surface area contributed by atoms with Crippen molar-refractivity contribution >= 4 is 5.91 Å². The molecular weight excluding hydrogens is 264 g/mol. The Labute approximate surface area is 127 Å². The first-order valence-electron chi connectivity index (χ1n) is 7.91. The van der Waals surface area contributed by atoms with E-state index in [4.69, 9.17) is 10.5 Å². The minimum absolute atomic E-state index is 0.0685. The van der Waals surface area contributed by atoms with Crippen LogP contribution in [-0.2, 0) is 0 Å². The molecular formula is C17H26N2O2. The molecule has 116 valence electrons. The highest BCUT2D eigenvalue weighted by Crippen LogP contribution is 2.25. The number of carbonyl (C=O) groups excluding carboxylic acids is 1. The quantitative estimate of drug-likeness (QED) is 0.907. The molecule has 0 saturated carbocycles. The number of nitrogens with two attached hydrogens (primary N) is 1. The van der Waals surface area contributed by atoms with Crippen molar-refractivity contribution in [2.75, 3.05) is 19.7 Å². The second kappa shape index (κ2) is 7.46.